The number of rotatable bonds is 3. The molecule has 0 unspecified atom stereocenters. The monoisotopic (exact) mass is 339 g/mol. The van der Waals surface area contributed by atoms with Gasteiger partial charge < -0.3 is 14.4 Å². The molecule has 7 nitrogen and oxygen atoms in total. The van der Waals surface area contributed by atoms with Crippen LogP contribution in [0, 0.1) is 0 Å². The minimum absolute atomic E-state index is 0.0733. The molecule has 25 heavy (non-hydrogen) atoms. The molecule has 0 aromatic carbocycles. The van der Waals surface area contributed by atoms with Gasteiger partial charge in [-0.2, -0.15) is 0 Å². The maximum absolute atomic E-state index is 12.8. The summed E-state index contributed by atoms with van der Waals surface area (Å²) >= 11 is 0. The van der Waals surface area contributed by atoms with E-state index in [9.17, 15) is 9.90 Å². The Morgan fingerprint density at radius 3 is 2.88 bits per heavy atom. The Hall–Kier alpha value is -2.67. The van der Waals surface area contributed by atoms with Gasteiger partial charge in [-0.05, 0) is 32.0 Å². The SMILES string of the molecule is CC(C)n1cc([C@@]2(O)CCN(C(=O)c3cc4ccccn4c3)C2)nn1. The van der Waals surface area contributed by atoms with E-state index < -0.39 is 5.60 Å². The molecular formula is C18H21N5O2. The molecule has 1 saturated heterocycles. The molecule has 0 aliphatic carbocycles. The van der Waals surface area contributed by atoms with Gasteiger partial charge in [-0.1, -0.05) is 11.3 Å². The zero-order chi connectivity index (χ0) is 17.6. The first-order valence-electron chi connectivity index (χ1n) is 8.47. The van der Waals surface area contributed by atoms with Crippen molar-refractivity contribution in [2.45, 2.75) is 31.9 Å². The van der Waals surface area contributed by atoms with E-state index in [1.165, 1.54) is 0 Å². The number of amides is 1. The van der Waals surface area contributed by atoms with Crippen LogP contribution in [-0.2, 0) is 5.60 Å². The second-order valence-corrected chi connectivity index (χ2v) is 6.95. The highest BCUT2D eigenvalue weighted by atomic mass is 16.3. The fourth-order valence-corrected chi connectivity index (χ4v) is 3.27. The summed E-state index contributed by atoms with van der Waals surface area (Å²) in [7, 11) is 0. The third-order valence-corrected chi connectivity index (χ3v) is 4.80. The van der Waals surface area contributed by atoms with E-state index in [0.29, 0.717) is 24.2 Å². The molecule has 4 rings (SSSR count). The van der Waals surface area contributed by atoms with Crippen LogP contribution < -0.4 is 0 Å². The lowest BCUT2D eigenvalue weighted by Crippen LogP contribution is -2.34. The van der Waals surface area contributed by atoms with Crippen molar-refractivity contribution in [3.8, 4) is 0 Å². The standard InChI is InChI=1S/C18H21N5O2/c1-13(2)23-11-16(19-20-23)18(25)6-8-22(12-18)17(24)14-9-15-5-3-4-7-21(15)10-14/h3-5,7,9-11,13,25H,6,8,12H2,1-2H3/t18-/m1/s1. The fraction of sp³-hybridized carbons (Fsp3) is 0.389. The largest absolute Gasteiger partial charge is 0.381 e. The van der Waals surface area contributed by atoms with Crippen molar-refractivity contribution in [1.29, 1.82) is 0 Å². The van der Waals surface area contributed by atoms with Gasteiger partial charge in [0.1, 0.15) is 11.3 Å². The van der Waals surface area contributed by atoms with Crippen LogP contribution >= 0.6 is 0 Å². The molecule has 7 heteroatoms. The first-order valence-corrected chi connectivity index (χ1v) is 8.47. The van der Waals surface area contributed by atoms with Crippen LogP contribution in [0.5, 0.6) is 0 Å². The molecule has 1 aliphatic rings. The first kappa shape index (κ1) is 15.8. The van der Waals surface area contributed by atoms with Crippen molar-refractivity contribution in [3.05, 3.63) is 54.1 Å². The lowest BCUT2D eigenvalue weighted by molar-refractivity contribution is 0.0381. The third kappa shape index (κ3) is 2.70. The number of aromatic nitrogens is 4. The number of β-amino-alcohol motifs (C(OH)–C–C–N with tert-alkyl or cyclic N) is 1. The molecule has 1 fully saturated rings. The molecule has 1 aliphatic heterocycles. The lowest BCUT2D eigenvalue weighted by atomic mass is 10.00. The number of carbonyl (C=O) groups excluding carboxylic acids is 1. The van der Waals surface area contributed by atoms with Crippen molar-refractivity contribution < 1.29 is 9.90 Å². The van der Waals surface area contributed by atoms with Crippen molar-refractivity contribution in [1.82, 2.24) is 24.3 Å². The van der Waals surface area contributed by atoms with Crippen LogP contribution in [0.4, 0.5) is 0 Å². The Bertz CT molecular complexity index is 895. The second-order valence-electron chi connectivity index (χ2n) is 6.95. The Labute approximate surface area is 145 Å². The van der Waals surface area contributed by atoms with Gasteiger partial charge in [0.25, 0.3) is 5.91 Å². The average Bonchev–Trinajstić information content (AvgIpc) is 3.32. The quantitative estimate of drug-likeness (QED) is 0.790. The molecule has 0 spiro atoms. The topological polar surface area (TPSA) is 75.7 Å². The molecule has 0 saturated carbocycles. The van der Waals surface area contributed by atoms with E-state index in [-0.39, 0.29) is 18.5 Å². The lowest BCUT2D eigenvalue weighted by Gasteiger charge is -2.20. The summed E-state index contributed by atoms with van der Waals surface area (Å²) in [5, 5.41) is 19.1. The van der Waals surface area contributed by atoms with E-state index in [2.05, 4.69) is 10.3 Å². The zero-order valence-electron chi connectivity index (χ0n) is 14.3. The van der Waals surface area contributed by atoms with E-state index in [1.54, 1.807) is 15.8 Å². The molecule has 3 aromatic heterocycles. The van der Waals surface area contributed by atoms with Crippen LogP contribution in [0.15, 0.2) is 42.9 Å². The summed E-state index contributed by atoms with van der Waals surface area (Å²) in [6, 6.07) is 7.87. The minimum atomic E-state index is -1.14. The van der Waals surface area contributed by atoms with E-state index >= 15 is 0 Å². The smallest absolute Gasteiger partial charge is 0.255 e. The number of likely N-dealkylation sites (tertiary alicyclic amines) is 1. The van der Waals surface area contributed by atoms with Crippen LogP contribution in [0.1, 0.15) is 42.4 Å². The number of carbonyl (C=O) groups is 1. The fourth-order valence-electron chi connectivity index (χ4n) is 3.27. The zero-order valence-corrected chi connectivity index (χ0v) is 14.3. The van der Waals surface area contributed by atoms with Gasteiger partial charge in [-0.15, -0.1) is 5.10 Å². The molecule has 130 valence electrons. The molecule has 1 amide bonds. The van der Waals surface area contributed by atoms with Gasteiger partial charge >= 0.3 is 0 Å². The van der Waals surface area contributed by atoms with Crippen molar-refractivity contribution in [2.24, 2.45) is 0 Å². The third-order valence-electron chi connectivity index (χ3n) is 4.80. The predicted molar refractivity (Wildman–Crippen MR) is 92.2 cm³/mol. The van der Waals surface area contributed by atoms with Crippen LogP contribution in [-0.4, -0.2) is 48.4 Å². The van der Waals surface area contributed by atoms with Gasteiger partial charge in [-0.3, -0.25) is 4.79 Å². The summed E-state index contributed by atoms with van der Waals surface area (Å²) in [5.74, 6) is -0.0733. The molecule has 4 heterocycles. The second kappa shape index (κ2) is 5.70. The predicted octanol–water partition coefficient (Wildman–Crippen LogP) is 1.85. The molecular weight excluding hydrogens is 318 g/mol. The maximum Gasteiger partial charge on any atom is 0.255 e. The molecule has 0 bridgehead atoms. The maximum atomic E-state index is 12.8. The van der Waals surface area contributed by atoms with Crippen LogP contribution in [0.3, 0.4) is 0 Å². The van der Waals surface area contributed by atoms with Crippen LogP contribution in [0.2, 0.25) is 0 Å². The number of fused-ring (bicyclic) bond motifs is 1. The summed E-state index contributed by atoms with van der Waals surface area (Å²) in [5.41, 5.74) is 0.988. The highest BCUT2D eigenvalue weighted by molar-refractivity contribution is 5.95. The summed E-state index contributed by atoms with van der Waals surface area (Å²) < 4.78 is 3.64. The van der Waals surface area contributed by atoms with Gasteiger partial charge in [0.2, 0.25) is 0 Å². The van der Waals surface area contributed by atoms with E-state index in [4.69, 9.17) is 0 Å². The Morgan fingerprint density at radius 1 is 1.32 bits per heavy atom. The number of aliphatic hydroxyl groups is 1. The highest BCUT2D eigenvalue weighted by Gasteiger charge is 2.42. The summed E-state index contributed by atoms with van der Waals surface area (Å²) in [6.07, 6.45) is 5.97. The van der Waals surface area contributed by atoms with Gasteiger partial charge in [0.05, 0.1) is 18.3 Å². The first-order chi connectivity index (χ1) is 12.0. The minimum Gasteiger partial charge on any atom is -0.381 e. The normalized spacial score (nSPS) is 20.7. The number of pyridine rings is 1. The van der Waals surface area contributed by atoms with Crippen molar-refractivity contribution >= 4 is 11.4 Å². The number of hydrogen-bond acceptors (Lipinski definition) is 4. The average molecular weight is 339 g/mol. The van der Waals surface area contributed by atoms with Gasteiger partial charge in [0, 0.05) is 36.9 Å². The summed E-state index contributed by atoms with van der Waals surface area (Å²) in [6.45, 7) is 4.74. The van der Waals surface area contributed by atoms with Crippen molar-refractivity contribution in [3.63, 3.8) is 0 Å². The highest BCUT2D eigenvalue weighted by Crippen LogP contribution is 2.31. The Balaban J connectivity index is 1.55. The molecule has 0 radical (unpaired) electrons. The Morgan fingerprint density at radius 2 is 2.16 bits per heavy atom. The van der Waals surface area contributed by atoms with Crippen LogP contribution in [0.25, 0.3) is 5.52 Å². The number of hydrogen-bond donors (Lipinski definition) is 1. The van der Waals surface area contributed by atoms with E-state index in [1.807, 2.05) is 54.9 Å². The molecule has 3 aromatic rings. The van der Waals surface area contributed by atoms with E-state index in [0.717, 1.165) is 5.52 Å². The summed E-state index contributed by atoms with van der Waals surface area (Å²) in [4.78, 5) is 14.5. The van der Waals surface area contributed by atoms with Gasteiger partial charge in [-0.25, -0.2) is 4.68 Å². The number of nitrogens with zero attached hydrogens (tertiary/aromatic N) is 5. The molecule has 1 N–H and O–H groups in total. The van der Waals surface area contributed by atoms with Gasteiger partial charge in [0.15, 0.2) is 0 Å². The Kier molecular flexibility index (Phi) is 3.61. The molecule has 1 atom stereocenters. The van der Waals surface area contributed by atoms with Crippen molar-refractivity contribution in [2.75, 3.05) is 13.1 Å².